The third-order valence-electron chi connectivity index (χ3n) is 4.81. The molecule has 1 amide bonds. The molecule has 0 spiro atoms. The van der Waals surface area contributed by atoms with Gasteiger partial charge >= 0.3 is 0 Å². The fraction of sp³-hybridized carbons (Fsp3) is 0.562. The molecule has 0 aromatic heterocycles. The fourth-order valence-electron chi connectivity index (χ4n) is 3.16. The van der Waals surface area contributed by atoms with Crippen molar-refractivity contribution in [2.75, 3.05) is 42.6 Å². The third kappa shape index (κ3) is 2.58. The van der Waals surface area contributed by atoms with Crippen LogP contribution in [0.4, 0.5) is 17.1 Å². The highest BCUT2D eigenvalue weighted by molar-refractivity contribution is 5.95. The summed E-state index contributed by atoms with van der Waals surface area (Å²) in [6, 6.07) is 4.07. The molecule has 0 aliphatic carbocycles. The number of amides is 1. The highest BCUT2D eigenvalue weighted by atomic mass is 16.1. The molecule has 3 N–H and O–H groups in total. The summed E-state index contributed by atoms with van der Waals surface area (Å²) in [7, 11) is 2.16. The van der Waals surface area contributed by atoms with Crippen molar-refractivity contribution in [2.24, 2.45) is 0 Å². The molecule has 2 heterocycles. The largest absolute Gasteiger partial charge is 0.397 e. The lowest BCUT2D eigenvalue weighted by atomic mass is 9.97. The van der Waals surface area contributed by atoms with E-state index in [4.69, 9.17) is 5.73 Å². The van der Waals surface area contributed by atoms with E-state index < -0.39 is 0 Å². The maximum Gasteiger partial charge on any atom is 0.224 e. The minimum Gasteiger partial charge on any atom is -0.397 e. The number of piperazine rings is 1. The summed E-state index contributed by atoms with van der Waals surface area (Å²) in [5.74, 6) is 0.0944. The Morgan fingerprint density at radius 1 is 1.24 bits per heavy atom. The van der Waals surface area contributed by atoms with Gasteiger partial charge in [-0.1, -0.05) is 0 Å². The first-order valence-electron chi connectivity index (χ1n) is 7.55. The lowest BCUT2D eigenvalue weighted by molar-refractivity contribution is -0.116. The van der Waals surface area contributed by atoms with E-state index in [1.807, 2.05) is 12.1 Å². The van der Waals surface area contributed by atoms with Crippen LogP contribution >= 0.6 is 0 Å². The van der Waals surface area contributed by atoms with Gasteiger partial charge in [-0.15, -0.1) is 0 Å². The second-order valence-electron chi connectivity index (χ2n) is 6.77. The van der Waals surface area contributed by atoms with Gasteiger partial charge in [0.1, 0.15) is 0 Å². The molecule has 0 radical (unpaired) electrons. The van der Waals surface area contributed by atoms with Gasteiger partial charge in [-0.2, -0.15) is 0 Å². The molecule has 114 valence electrons. The van der Waals surface area contributed by atoms with Crippen LogP contribution in [0.15, 0.2) is 12.1 Å². The summed E-state index contributed by atoms with van der Waals surface area (Å²) in [5.41, 5.74) is 10.3. The molecular weight excluding hydrogens is 264 g/mol. The molecule has 3 rings (SSSR count). The SMILES string of the molecule is CN1CCN(c2cc3c(cc2N)CCC(=O)N3)CC1(C)C. The average Bonchev–Trinajstić information content (AvgIpc) is 2.41. The molecule has 0 bridgehead atoms. The topological polar surface area (TPSA) is 61.6 Å². The Hall–Kier alpha value is -1.75. The van der Waals surface area contributed by atoms with Crippen LogP contribution in [-0.2, 0) is 11.2 Å². The summed E-state index contributed by atoms with van der Waals surface area (Å²) in [6.45, 7) is 7.39. The van der Waals surface area contributed by atoms with Gasteiger partial charge in [0.25, 0.3) is 0 Å². The van der Waals surface area contributed by atoms with E-state index in [0.717, 1.165) is 48.7 Å². The smallest absolute Gasteiger partial charge is 0.224 e. The van der Waals surface area contributed by atoms with Crippen molar-refractivity contribution < 1.29 is 4.79 Å². The van der Waals surface area contributed by atoms with E-state index in [1.54, 1.807) is 0 Å². The van der Waals surface area contributed by atoms with E-state index in [1.165, 1.54) is 0 Å². The molecular formula is C16H24N4O. The van der Waals surface area contributed by atoms with Crippen molar-refractivity contribution in [3.8, 4) is 0 Å². The Balaban J connectivity index is 1.92. The first-order valence-corrected chi connectivity index (χ1v) is 7.55. The van der Waals surface area contributed by atoms with Gasteiger partial charge in [0, 0.05) is 37.3 Å². The Labute approximate surface area is 126 Å². The van der Waals surface area contributed by atoms with Crippen LogP contribution in [0.3, 0.4) is 0 Å². The van der Waals surface area contributed by atoms with E-state index in [9.17, 15) is 4.79 Å². The number of fused-ring (bicyclic) bond motifs is 1. The van der Waals surface area contributed by atoms with Crippen molar-refractivity contribution in [2.45, 2.75) is 32.2 Å². The van der Waals surface area contributed by atoms with Crippen molar-refractivity contribution in [1.82, 2.24) is 4.90 Å². The maximum atomic E-state index is 11.6. The molecule has 1 fully saturated rings. The predicted molar refractivity (Wildman–Crippen MR) is 86.7 cm³/mol. The highest BCUT2D eigenvalue weighted by Crippen LogP contribution is 2.35. The molecule has 1 aromatic rings. The zero-order valence-corrected chi connectivity index (χ0v) is 13.1. The monoisotopic (exact) mass is 288 g/mol. The number of benzene rings is 1. The predicted octanol–water partition coefficient (Wildman–Crippen LogP) is 1.68. The molecule has 0 unspecified atom stereocenters. The van der Waals surface area contributed by atoms with E-state index >= 15 is 0 Å². The number of carbonyl (C=O) groups is 1. The molecule has 2 aliphatic heterocycles. The molecule has 1 saturated heterocycles. The van der Waals surface area contributed by atoms with Crippen LogP contribution in [0.2, 0.25) is 0 Å². The summed E-state index contributed by atoms with van der Waals surface area (Å²) in [5, 5.41) is 2.96. The quantitative estimate of drug-likeness (QED) is 0.772. The third-order valence-corrected chi connectivity index (χ3v) is 4.81. The molecule has 1 aromatic carbocycles. The van der Waals surface area contributed by atoms with Crippen LogP contribution in [0.5, 0.6) is 0 Å². The minimum atomic E-state index is 0.0944. The second-order valence-corrected chi connectivity index (χ2v) is 6.77. The van der Waals surface area contributed by atoms with Crippen LogP contribution in [0, 0.1) is 0 Å². The summed E-state index contributed by atoms with van der Waals surface area (Å²) in [6.07, 6.45) is 1.33. The van der Waals surface area contributed by atoms with Gasteiger partial charge < -0.3 is 16.0 Å². The van der Waals surface area contributed by atoms with Gasteiger partial charge in [-0.3, -0.25) is 9.69 Å². The zero-order chi connectivity index (χ0) is 15.2. The number of aryl methyl sites for hydroxylation is 1. The number of likely N-dealkylation sites (N-methyl/N-ethyl adjacent to an activating group) is 1. The molecule has 5 heteroatoms. The lowest BCUT2D eigenvalue weighted by Gasteiger charge is -2.46. The maximum absolute atomic E-state index is 11.6. The number of anilines is 3. The van der Waals surface area contributed by atoms with Gasteiger partial charge in [-0.25, -0.2) is 0 Å². The van der Waals surface area contributed by atoms with Crippen LogP contribution in [-0.4, -0.2) is 43.0 Å². The van der Waals surface area contributed by atoms with Crippen LogP contribution in [0.1, 0.15) is 25.8 Å². The molecule has 0 saturated carbocycles. The summed E-state index contributed by atoms with van der Waals surface area (Å²) < 4.78 is 0. The highest BCUT2D eigenvalue weighted by Gasteiger charge is 2.32. The number of rotatable bonds is 1. The van der Waals surface area contributed by atoms with Crippen molar-refractivity contribution in [1.29, 1.82) is 0 Å². The van der Waals surface area contributed by atoms with Gasteiger partial charge in [0.05, 0.1) is 11.4 Å². The number of nitrogens with two attached hydrogens (primary N) is 1. The van der Waals surface area contributed by atoms with Crippen LogP contribution in [0.25, 0.3) is 0 Å². The fourth-order valence-corrected chi connectivity index (χ4v) is 3.16. The number of nitrogen functional groups attached to an aromatic ring is 1. The average molecular weight is 288 g/mol. The number of nitrogens with zero attached hydrogens (tertiary/aromatic N) is 2. The van der Waals surface area contributed by atoms with E-state index in [0.29, 0.717) is 6.42 Å². The molecule has 2 aliphatic rings. The van der Waals surface area contributed by atoms with Gasteiger partial charge in [0.2, 0.25) is 5.91 Å². The summed E-state index contributed by atoms with van der Waals surface area (Å²) in [4.78, 5) is 16.3. The van der Waals surface area contributed by atoms with Gasteiger partial charge in [0.15, 0.2) is 0 Å². The van der Waals surface area contributed by atoms with Gasteiger partial charge in [-0.05, 0) is 45.0 Å². The van der Waals surface area contributed by atoms with E-state index in [-0.39, 0.29) is 11.4 Å². The minimum absolute atomic E-state index is 0.0944. The lowest BCUT2D eigenvalue weighted by Crippen LogP contribution is -2.57. The number of carbonyl (C=O) groups excluding carboxylic acids is 1. The van der Waals surface area contributed by atoms with Crippen LogP contribution < -0.4 is 16.0 Å². The first-order chi connectivity index (χ1) is 9.87. The van der Waals surface area contributed by atoms with Crippen molar-refractivity contribution >= 4 is 23.0 Å². The van der Waals surface area contributed by atoms with Crippen molar-refractivity contribution in [3.63, 3.8) is 0 Å². The molecule has 5 nitrogen and oxygen atoms in total. The van der Waals surface area contributed by atoms with E-state index in [2.05, 4.69) is 36.0 Å². The summed E-state index contributed by atoms with van der Waals surface area (Å²) >= 11 is 0. The Morgan fingerprint density at radius 2 is 2.00 bits per heavy atom. The molecule has 21 heavy (non-hydrogen) atoms. The first kappa shape index (κ1) is 14.2. The standard InChI is InChI=1S/C16H24N4O/c1-16(2)10-20(7-6-19(16)3)14-9-13-11(8-12(14)17)4-5-15(21)18-13/h8-9H,4-7,10,17H2,1-3H3,(H,18,21). The Bertz CT molecular complexity index is 582. The second kappa shape index (κ2) is 4.91. The Kier molecular flexibility index (Phi) is 3.32. The zero-order valence-electron chi connectivity index (χ0n) is 13.1. The Morgan fingerprint density at radius 3 is 2.71 bits per heavy atom. The number of nitrogens with one attached hydrogen (secondary N) is 1. The normalized spacial score (nSPS) is 21.9. The number of hydrogen-bond donors (Lipinski definition) is 2. The number of hydrogen-bond acceptors (Lipinski definition) is 4. The molecule has 0 atom stereocenters. The van der Waals surface area contributed by atoms with Crippen molar-refractivity contribution in [3.05, 3.63) is 17.7 Å².